The summed E-state index contributed by atoms with van der Waals surface area (Å²) in [6.45, 7) is 2.56. The Morgan fingerprint density at radius 2 is 1.72 bits per heavy atom. The zero-order chi connectivity index (χ0) is 20.8. The monoisotopic (exact) mass is 475 g/mol. The van der Waals surface area contributed by atoms with Gasteiger partial charge >= 0.3 is 0 Å². The normalized spacial score (nSPS) is 15.2. The first-order valence-electron chi connectivity index (χ1n) is 10.0. The first-order chi connectivity index (χ1) is 14.7. The Kier molecular flexibility index (Phi) is 9.78. The molecule has 4 rings (SSSR count). The number of nitrogens with zero attached hydrogens (tertiary/aromatic N) is 2. The third kappa shape index (κ3) is 6.13. The Hall–Kier alpha value is -2.80. The summed E-state index contributed by atoms with van der Waals surface area (Å²) in [4.78, 5) is 19.1. The van der Waals surface area contributed by atoms with E-state index in [9.17, 15) is 4.79 Å². The van der Waals surface area contributed by atoms with Gasteiger partial charge in [-0.05, 0) is 47.5 Å². The maximum atomic E-state index is 13.2. The number of aromatic nitrogens is 1. The van der Waals surface area contributed by atoms with Gasteiger partial charge in [0.1, 0.15) is 18.1 Å². The van der Waals surface area contributed by atoms with Gasteiger partial charge in [-0.3, -0.25) is 9.78 Å². The van der Waals surface area contributed by atoms with Gasteiger partial charge in [0.05, 0.1) is 19.3 Å². The van der Waals surface area contributed by atoms with E-state index in [1.165, 1.54) is 0 Å². The minimum Gasteiger partial charge on any atom is -0.497 e. The number of carbonyl (C=O) groups excluding carboxylic acids is 1. The highest BCUT2D eigenvalue weighted by atomic mass is 35.5. The lowest BCUT2D eigenvalue weighted by Crippen LogP contribution is -2.55. The average Bonchev–Trinajstić information content (AvgIpc) is 2.83. The number of pyridine rings is 1. The SMILES string of the molecule is COc1ccc(-c2ccc(C(=O)N3CCNCC3COc3cccnc3)cc2)cc1.Cl.Cl. The van der Waals surface area contributed by atoms with Crippen LogP contribution in [0, 0.1) is 0 Å². The number of carbonyl (C=O) groups is 1. The molecule has 1 saturated heterocycles. The van der Waals surface area contributed by atoms with Gasteiger partial charge in [-0.15, -0.1) is 24.8 Å². The lowest BCUT2D eigenvalue weighted by atomic mass is 10.0. The highest BCUT2D eigenvalue weighted by Crippen LogP contribution is 2.23. The number of halogens is 2. The number of amides is 1. The molecule has 3 aromatic rings. The summed E-state index contributed by atoms with van der Waals surface area (Å²) in [7, 11) is 1.65. The van der Waals surface area contributed by atoms with E-state index in [4.69, 9.17) is 9.47 Å². The molecule has 1 aliphatic heterocycles. The van der Waals surface area contributed by atoms with Crippen LogP contribution in [0.3, 0.4) is 0 Å². The highest BCUT2D eigenvalue weighted by Gasteiger charge is 2.28. The van der Waals surface area contributed by atoms with Crippen molar-refractivity contribution in [2.45, 2.75) is 6.04 Å². The van der Waals surface area contributed by atoms with Crippen LogP contribution in [0.15, 0.2) is 73.1 Å². The topological polar surface area (TPSA) is 63.7 Å². The van der Waals surface area contributed by atoms with Crippen molar-refractivity contribution < 1.29 is 14.3 Å². The molecule has 0 spiro atoms. The lowest BCUT2D eigenvalue weighted by Gasteiger charge is -2.36. The number of rotatable bonds is 6. The van der Waals surface area contributed by atoms with Crippen LogP contribution >= 0.6 is 24.8 Å². The van der Waals surface area contributed by atoms with E-state index in [2.05, 4.69) is 10.3 Å². The number of ether oxygens (including phenoxy) is 2. The Balaban J connectivity index is 0.00000181. The maximum Gasteiger partial charge on any atom is 0.254 e. The highest BCUT2D eigenvalue weighted by molar-refractivity contribution is 5.95. The molecule has 0 bridgehead atoms. The second kappa shape index (κ2) is 12.3. The largest absolute Gasteiger partial charge is 0.497 e. The quantitative estimate of drug-likeness (QED) is 0.581. The van der Waals surface area contributed by atoms with Crippen molar-refractivity contribution in [1.82, 2.24) is 15.2 Å². The number of hydrogen-bond acceptors (Lipinski definition) is 5. The van der Waals surface area contributed by atoms with E-state index < -0.39 is 0 Å². The van der Waals surface area contributed by atoms with Crippen LogP contribution < -0.4 is 14.8 Å². The van der Waals surface area contributed by atoms with Crippen LogP contribution in [0.25, 0.3) is 11.1 Å². The van der Waals surface area contributed by atoms with Gasteiger partial charge in [0.2, 0.25) is 0 Å². The number of nitrogens with one attached hydrogen (secondary N) is 1. The van der Waals surface area contributed by atoms with Crippen molar-refractivity contribution in [3.05, 3.63) is 78.6 Å². The molecule has 1 fully saturated rings. The second-order valence-corrected chi connectivity index (χ2v) is 7.16. The van der Waals surface area contributed by atoms with Crippen LogP contribution in [-0.4, -0.2) is 55.2 Å². The van der Waals surface area contributed by atoms with Gasteiger partial charge in [-0.25, -0.2) is 0 Å². The molecule has 2 heterocycles. The molecule has 1 aromatic heterocycles. The zero-order valence-electron chi connectivity index (χ0n) is 17.8. The minimum atomic E-state index is -0.0345. The molecule has 1 unspecified atom stereocenters. The van der Waals surface area contributed by atoms with Gasteiger partial charge in [-0.1, -0.05) is 24.3 Å². The van der Waals surface area contributed by atoms with E-state index in [0.717, 1.165) is 23.4 Å². The lowest BCUT2D eigenvalue weighted by molar-refractivity contribution is 0.0559. The van der Waals surface area contributed by atoms with Gasteiger partial charge in [0.25, 0.3) is 5.91 Å². The molecule has 1 aliphatic rings. The molecule has 1 N–H and O–H groups in total. The van der Waals surface area contributed by atoms with Crippen LogP contribution in [0.5, 0.6) is 11.5 Å². The summed E-state index contributed by atoms with van der Waals surface area (Å²) in [6.07, 6.45) is 3.39. The Bertz CT molecular complexity index is 970. The third-order valence-electron chi connectivity index (χ3n) is 5.24. The van der Waals surface area contributed by atoms with E-state index in [1.54, 1.807) is 19.5 Å². The van der Waals surface area contributed by atoms with Crippen molar-refractivity contribution in [3.63, 3.8) is 0 Å². The summed E-state index contributed by atoms with van der Waals surface area (Å²) < 4.78 is 11.1. The fourth-order valence-corrected chi connectivity index (χ4v) is 3.56. The van der Waals surface area contributed by atoms with Crippen molar-refractivity contribution >= 4 is 30.7 Å². The molecule has 1 amide bonds. The van der Waals surface area contributed by atoms with Crippen LogP contribution in [-0.2, 0) is 0 Å². The Morgan fingerprint density at radius 1 is 1.03 bits per heavy atom. The molecule has 8 heteroatoms. The number of piperazine rings is 1. The van der Waals surface area contributed by atoms with Crippen LogP contribution in [0.1, 0.15) is 10.4 Å². The first-order valence-corrected chi connectivity index (χ1v) is 10.0. The van der Waals surface area contributed by atoms with Crippen molar-refractivity contribution in [3.8, 4) is 22.6 Å². The van der Waals surface area contributed by atoms with Gasteiger partial charge in [-0.2, -0.15) is 0 Å². The second-order valence-electron chi connectivity index (χ2n) is 7.16. The Morgan fingerprint density at radius 3 is 2.34 bits per heavy atom. The molecule has 0 radical (unpaired) electrons. The summed E-state index contributed by atoms with van der Waals surface area (Å²) in [6, 6.07) is 19.3. The molecular formula is C24H27Cl2N3O3. The molecule has 6 nitrogen and oxygen atoms in total. The van der Waals surface area contributed by atoms with Gasteiger partial charge < -0.3 is 19.7 Å². The van der Waals surface area contributed by atoms with Crippen molar-refractivity contribution in [2.75, 3.05) is 33.4 Å². The average molecular weight is 476 g/mol. The number of hydrogen-bond donors (Lipinski definition) is 1. The minimum absolute atomic E-state index is 0. The Labute approximate surface area is 200 Å². The summed E-state index contributed by atoms with van der Waals surface area (Å²) in [5, 5.41) is 3.35. The van der Waals surface area contributed by atoms with E-state index in [-0.39, 0.29) is 36.8 Å². The van der Waals surface area contributed by atoms with Crippen molar-refractivity contribution in [2.24, 2.45) is 0 Å². The first kappa shape index (κ1) is 25.5. The number of methoxy groups -OCH3 is 1. The van der Waals surface area contributed by atoms with Gasteiger partial charge in [0.15, 0.2) is 0 Å². The smallest absolute Gasteiger partial charge is 0.254 e. The summed E-state index contributed by atoms with van der Waals surface area (Å²) >= 11 is 0. The molecule has 170 valence electrons. The third-order valence-corrected chi connectivity index (χ3v) is 5.24. The van der Waals surface area contributed by atoms with Crippen LogP contribution in [0.4, 0.5) is 0 Å². The zero-order valence-corrected chi connectivity index (χ0v) is 19.4. The molecular weight excluding hydrogens is 449 g/mol. The summed E-state index contributed by atoms with van der Waals surface area (Å²) in [5.74, 6) is 1.56. The van der Waals surface area contributed by atoms with E-state index in [0.29, 0.717) is 31.0 Å². The summed E-state index contributed by atoms with van der Waals surface area (Å²) in [5.41, 5.74) is 2.83. The predicted octanol–water partition coefficient (Wildman–Crippen LogP) is 4.09. The predicted molar refractivity (Wildman–Crippen MR) is 130 cm³/mol. The van der Waals surface area contributed by atoms with E-state index >= 15 is 0 Å². The molecule has 2 aromatic carbocycles. The standard InChI is InChI=1S/C24H25N3O3.2ClH/c1-29-22-10-8-19(9-11-22)18-4-6-20(7-5-18)24(28)27-14-13-26-15-21(27)17-30-23-3-2-12-25-16-23;;/h2-12,16,21,26H,13-15,17H2,1H3;2*1H. The molecule has 0 saturated carbocycles. The van der Waals surface area contributed by atoms with Gasteiger partial charge in [0, 0.05) is 31.4 Å². The maximum absolute atomic E-state index is 13.2. The van der Waals surface area contributed by atoms with E-state index in [1.807, 2.05) is 65.6 Å². The molecule has 32 heavy (non-hydrogen) atoms. The molecule has 0 aliphatic carbocycles. The van der Waals surface area contributed by atoms with Crippen LogP contribution in [0.2, 0.25) is 0 Å². The fraction of sp³-hybridized carbons (Fsp3) is 0.250. The number of benzene rings is 2. The molecule has 1 atom stereocenters. The van der Waals surface area contributed by atoms with Crippen molar-refractivity contribution in [1.29, 1.82) is 0 Å². The fourth-order valence-electron chi connectivity index (χ4n) is 3.56.